The Hall–Kier alpha value is -2.54. The van der Waals surface area contributed by atoms with E-state index < -0.39 is 0 Å². The average molecular weight is 408 g/mol. The van der Waals surface area contributed by atoms with E-state index in [1.54, 1.807) is 29.9 Å². The molecule has 5 rings (SSSR count). The van der Waals surface area contributed by atoms with Crippen molar-refractivity contribution in [1.82, 2.24) is 19.9 Å². The molecule has 7 heteroatoms. The molecule has 3 aromatic rings. The molecule has 1 aromatic carbocycles. The van der Waals surface area contributed by atoms with E-state index in [9.17, 15) is 4.79 Å². The molecule has 0 N–H and O–H groups in total. The largest absolute Gasteiger partial charge is 0.355 e. The monoisotopic (exact) mass is 407 g/mol. The van der Waals surface area contributed by atoms with E-state index in [4.69, 9.17) is 4.98 Å². The van der Waals surface area contributed by atoms with Crippen LogP contribution in [0.4, 0.5) is 5.82 Å². The Labute approximate surface area is 174 Å². The van der Waals surface area contributed by atoms with Crippen LogP contribution in [-0.4, -0.2) is 45.4 Å². The summed E-state index contributed by atoms with van der Waals surface area (Å²) in [6, 6.07) is 8.37. The van der Waals surface area contributed by atoms with Gasteiger partial charge in [-0.1, -0.05) is 12.1 Å². The molecule has 2 fully saturated rings. The van der Waals surface area contributed by atoms with Gasteiger partial charge in [0.15, 0.2) is 0 Å². The zero-order valence-electron chi connectivity index (χ0n) is 16.4. The molecule has 0 saturated carbocycles. The van der Waals surface area contributed by atoms with Crippen molar-refractivity contribution in [3.8, 4) is 0 Å². The minimum Gasteiger partial charge on any atom is -0.355 e. The third-order valence-electron chi connectivity index (χ3n) is 6.03. The Kier molecular flexibility index (Phi) is 5.14. The van der Waals surface area contributed by atoms with Gasteiger partial charge in [-0.25, -0.2) is 9.97 Å². The van der Waals surface area contributed by atoms with Gasteiger partial charge in [-0.15, -0.1) is 11.3 Å². The van der Waals surface area contributed by atoms with Gasteiger partial charge >= 0.3 is 0 Å². The van der Waals surface area contributed by atoms with Crippen molar-refractivity contribution in [3.63, 3.8) is 0 Å². The Morgan fingerprint density at radius 2 is 2.00 bits per heavy atom. The standard InChI is InChI=1S/C22H25N5OS/c28-22(16-6-5-12-26(15-16)20-14-23-10-11-24-20)27-13-4-3-8-18(27)21-25-17-7-1-2-9-19(17)29-21/h1-2,7,9-11,14,16,18H,3-6,8,12-13,15H2/t16-,18+/m1/s1. The molecule has 0 bridgehead atoms. The summed E-state index contributed by atoms with van der Waals surface area (Å²) in [7, 11) is 0. The van der Waals surface area contributed by atoms with Gasteiger partial charge in [0.05, 0.1) is 28.4 Å². The number of thiazole rings is 1. The first-order valence-electron chi connectivity index (χ1n) is 10.5. The van der Waals surface area contributed by atoms with Crippen molar-refractivity contribution < 1.29 is 4.79 Å². The van der Waals surface area contributed by atoms with Crippen LogP contribution >= 0.6 is 11.3 Å². The molecule has 0 spiro atoms. The molecule has 2 saturated heterocycles. The third-order valence-corrected chi connectivity index (χ3v) is 7.16. The number of likely N-dealkylation sites (tertiary alicyclic amines) is 1. The Morgan fingerprint density at radius 3 is 2.86 bits per heavy atom. The Bertz CT molecular complexity index is 958. The van der Waals surface area contributed by atoms with Gasteiger partial charge in [-0.05, 0) is 44.2 Å². The Morgan fingerprint density at radius 1 is 1.07 bits per heavy atom. The highest BCUT2D eigenvalue weighted by molar-refractivity contribution is 7.18. The molecular formula is C22H25N5OS. The zero-order chi connectivity index (χ0) is 19.6. The number of para-hydroxylation sites is 1. The molecule has 0 radical (unpaired) electrons. The van der Waals surface area contributed by atoms with Crippen LogP contribution in [0.3, 0.4) is 0 Å². The van der Waals surface area contributed by atoms with E-state index >= 15 is 0 Å². The molecular weight excluding hydrogens is 382 g/mol. The summed E-state index contributed by atoms with van der Waals surface area (Å²) in [6.45, 7) is 2.49. The first-order valence-corrected chi connectivity index (χ1v) is 11.3. The molecule has 2 aromatic heterocycles. The molecule has 1 amide bonds. The van der Waals surface area contributed by atoms with Crippen molar-refractivity contribution in [2.24, 2.45) is 5.92 Å². The number of anilines is 1. The normalized spacial score (nSPS) is 22.8. The van der Waals surface area contributed by atoms with Crippen molar-refractivity contribution in [2.75, 3.05) is 24.5 Å². The second-order valence-electron chi connectivity index (χ2n) is 7.91. The molecule has 0 aliphatic carbocycles. The second-order valence-corrected chi connectivity index (χ2v) is 8.97. The van der Waals surface area contributed by atoms with Gasteiger partial charge in [0.2, 0.25) is 5.91 Å². The summed E-state index contributed by atoms with van der Waals surface area (Å²) in [5.74, 6) is 1.16. The number of carbonyl (C=O) groups is 1. The number of fused-ring (bicyclic) bond motifs is 1. The van der Waals surface area contributed by atoms with E-state index in [1.165, 1.54) is 4.70 Å². The lowest BCUT2D eigenvalue weighted by Gasteiger charge is -2.40. The van der Waals surface area contributed by atoms with E-state index in [0.717, 1.165) is 68.1 Å². The highest BCUT2D eigenvalue weighted by Gasteiger charge is 2.36. The number of rotatable bonds is 3. The predicted molar refractivity (Wildman–Crippen MR) is 115 cm³/mol. The van der Waals surface area contributed by atoms with Crippen molar-refractivity contribution in [2.45, 2.75) is 38.1 Å². The van der Waals surface area contributed by atoms with Crippen molar-refractivity contribution in [3.05, 3.63) is 47.9 Å². The van der Waals surface area contributed by atoms with E-state index in [-0.39, 0.29) is 17.9 Å². The maximum atomic E-state index is 13.6. The van der Waals surface area contributed by atoms with E-state index in [2.05, 4.69) is 38.0 Å². The number of piperidine rings is 2. The van der Waals surface area contributed by atoms with Crippen LogP contribution in [0.25, 0.3) is 10.2 Å². The lowest BCUT2D eigenvalue weighted by atomic mass is 9.93. The maximum Gasteiger partial charge on any atom is 0.228 e. The van der Waals surface area contributed by atoms with Crippen LogP contribution in [-0.2, 0) is 4.79 Å². The first-order chi connectivity index (χ1) is 14.3. The average Bonchev–Trinajstić information content (AvgIpc) is 3.23. The molecule has 150 valence electrons. The summed E-state index contributed by atoms with van der Waals surface area (Å²) in [4.78, 5) is 31.4. The van der Waals surface area contributed by atoms with Gasteiger partial charge in [-0.2, -0.15) is 0 Å². The fourth-order valence-electron chi connectivity index (χ4n) is 4.56. The molecule has 2 atom stereocenters. The number of hydrogen-bond donors (Lipinski definition) is 0. The van der Waals surface area contributed by atoms with Gasteiger partial charge in [0.25, 0.3) is 0 Å². The molecule has 29 heavy (non-hydrogen) atoms. The maximum absolute atomic E-state index is 13.6. The van der Waals surface area contributed by atoms with Crippen LogP contribution in [0.2, 0.25) is 0 Å². The summed E-state index contributed by atoms with van der Waals surface area (Å²) in [5, 5.41) is 1.08. The smallest absolute Gasteiger partial charge is 0.228 e. The Balaban J connectivity index is 1.37. The van der Waals surface area contributed by atoms with Crippen LogP contribution in [0.5, 0.6) is 0 Å². The first kappa shape index (κ1) is 18.5. The van der Waals surface area contributed by atoms with Crippen molar-refractivity contribution >= 4 is 33.3 Å². The lowest BCUT2D eigenvalue weighted by molar-refractivity contribution is -0.139. The lowest BCUT2D eigenvalue weighted by Crippen LogP contribution is -2.47. The van der Waals surface area contributed by atoms with Crippen LogP contribution in [0, 0.1) is 5.92 Å². The molecule has 6 nitrogen and oxygen atoms in total. The SMILES string of the molecule is O=C([C@@H]1CCCN(c2cnccn2)C1)N1CCCC[C@H]1c1nc2ccccc2s1. The number of nitrogens with zero attached hydrogens (tertiary/aromatic N) is 5. The highest BCUT2D eigenvalue weighted by atomic mass is 32.1. The molecule has 0 unspecified atom stereocenters. The summed E-state index contributed by atoms with van der Waals surface area (Å²) < 4.78 is 1.20. The molecule has 4 heterocycles. The van der Waals surface area contributed by atoms with E-state index in [0.29, 0.717) is 0 Å². The van der Waals surface area contributed by atoms with Gasteiger partial charge < -0.3 is 9.80 Å². The topological polar surface area (TPSA) is 62.2 Å². The quantitative estimate of drug-likeness (QED) is 0.655. The van der Waals surface area contributed by atoms with Crippen LogP contribution in [0.15, 0.2) is 42.9 Å². The third kappa shape index (κ3) is 3.71. The second kappa shape index (κ2) is 8.06. The number of benzene rings is 1. The van der Waals surface area contributed by atoms with Crippen LogP contribution < -0.4 is 4.90 Å². The molecule has 2 aliphatic heterocycles. The summed E-state index contributed by atoms with van der Waals surface area (Å²) in [5.41, 5.74) is 1.04. The highest BCUT2D eigenvalue weighted by Crippen LogP contribution is 2.37. The predicted octanol–water partition coefficient (Wildman–Crippen LogP) is 4.06. The van der Waals surface area contributed by atoms with Crippen LogP contribution in [0.1, 0.15) is 43.2 Å². The van der Waals surface area contributed by atoms with Gasteiger partial charge in [-0.3, -0.25) is 9.78 Å². The number of amides is 1. The number of aromatic nitrogens is 3. The van der Waals surface area contributed by atoms with E-state index in [1.807, 2.05) is 6.07 Å². The van der Waals surface area contributed by atoms with Gasteiger partial charge in [0.1, 0.15) is 10.8 Å². The van der Waals surface area contributed by atoms with Gasteiger partial charge in [0, 0.05) is 32.0 Å². The number of hydrogen-bond acceptors (Lipinski definition) is 6. The fourth-order valence-corrected chi connectivity index (χ4v) is 5.68. The summed E-state index contributed by atoms with van der Waals surface area (Å²) in [6.07, 6.45) is 10.4. The number of carbonyl (C=O) groups excluding carboxylic acids is 1. The minimum atomic E-state index is 0.0146. The molecule has 2 aliphatic rings. The minimum absolute atomic E-state index is 0.0146. The zero-order valence-corrected chi connectivity index (χ0v) is 17.2. The fraction of sp³-hybridized carbons (Fsp3) is 0.455. The van der Waals surface area contributed by atoms with Crippen molar-refractivity contribution in [1.29, 1.82) is 0 Å². The summed E-state index contributed by atoms with van der Waals surface area (Å²) >= 11 is 1.74.